The van der Waals surface area contributed by atoms with Crippen LogP contribution in [0.5, 0.6) is 0 Å². The monoisotopic (exact) mass is 359 g/mol. The molecule has 2 rings (SSSR count). The summed E-state index contributed by atoms with van der Waals surface area (Å²) >= 11 is 12.3. The van der Waals surface area contributed by atoms with Crippen LogP contribution in [0.3, 0.4) is 0 Å². The molecule has 2 atom stereocenters. The molecule has 0 N–H and O–H groups in total. The van der Waals surface area contributed by atoms with Crippen LogP contribution < -0.4 is 0 Å². The summed E-state index contributed by atoms with van der Waals surface area (Å²) < 4.78 is 28.7. The SMILES string of the molecule is CC1=CC(=O)C(Cl)C(C)(Cl)/C1=N/S(=O)(=O)c1ccc(C)cc1. The smallest absolute Gasteiger partial charge is 0.282 e. The molecule has 1 aliphatic rings. The molecule has 0 saturated heterocycles. The minimum atomic E-state index is -3.93. The summed E-state index contributed by atoms with van der Waals surface area (Å²) in [5, 5.41) is -1.06. The van der Waals surface area contributed by atoms with Gasteiger partial charge in [0.2, 0.25) is 0 Å². The van der Waals surface area contributed by atoms with Crippen molar-refractivity contribution in [3.8, 4) is 0 Å². The number of ketones is 1. The Kier molecular flexibility index (Phi) is 4.53. The minimum Gasteiger partial charge on any atom is -0.293 e. The summed E-state index contributed by atoms with van der Waals surface area (Å²) in [7, 11) is -3.93. The summed E-state index contributed by atoms with van der Waals surface area (Å²) in [6.45, 7) is 4.94. The van der Waals surface area contributed by atoms with Crippen LogP contribution in [-0.4, -0.2) is 30.2 Å². The maximum atomic E-state index is 12.4. The average molecular weight is 360 g/mol. The largest absolute Gasteiger partial charge is 0.293 e. The fourth-order valence-electron chi connectivity index (χ4n) is 2.17. The number of halogens is 2. The standard InChI is InChI=1S/C15H15Cl2NO3S/c1-9-4-6-11(7-5-9)22(20,21)18-14-10(2)8-12(19)13(16)15(14,3)17/h4-8,13H,1-3H3/b18-14+. The second-order valence-electron chi connectivity index (χ2n) is 5.40. The molecule has 0 spiro atoms. The molecule has 0 bridgehead atoms. The molecular formula is C15H15Cl2NO3S. The van der Waals surface area contributed by atoms with E-state index in [2.05, 4.69) is 4.40 Å². The third kappa shape index (κ3) is 3.12. The van der Waals surface area contributed by atoms with E-state index < -0.39 is 20.3 Å². The lowest BCUT2D eigenvalue weighted by Gasteiger charge is -2.31. The number of hydrogen-bond acceptors (Lipinski definition) is 3. The van der Waals surface area contributed by atoms with E-state index in [0.29, 0.717) is 5.57 Å². The lowest BCUT2D eigenvalue weighted by molar-refractivity contribution is -0.114. The third-order valence-corrected chi connectivity index (χ3v) is 5.90. The quantitative estimate of drug-likeness (QED) is 0.761. The Morgan fingerprint density at radius 2 is 1.73 bits per heavy atom. The van der Waals surface area contributed by atoms with Gasteiger partial charge >= 0.3 is 0 Å². The predicted molar refractivity (Wildman–Crippen MR) is 88.5 cm³/mol. The van der Waals surface area contributed by atoms with E-state index >= 15 is 0 Å². The van der Waals surface area contributed by atoms with Gasteiger partial charge in [0, 0.05) is 0 Å². The van der Waals surface area contributed by atoms with Crippen LogP contribution in [-0.2, 0) is 14.8 Å². The van der Waals surface area contributed by atoms with E-state index in [1.807, 2.05) is 6.92 Å². The summed E-state index contributed by atoms with van der Waals surface area (Å²) in [6.07, 6.45) is 1.27. The van der Waals surface area contributed by atoms with Gasteiger partial charge in [-0.05, 0) is 44.6 Å². The van der Waals surface area contributed by atoms with Gasteiger partial charge in [-0.2, -0.15) is 12.8 Å². The zero-order valence-corrected chi connectivity index (χ0v) is 14.6. The molecule has 0 saturated carbocycles. The van der Waals surface area contributed by atoms with Crippen molar-refractivity contribution in [3.05, 3.63) is 41.5 Å². The Hall–Kier alpha value is -1.17. The summed E-state index contributed by atoms with van der Waals surface area (Å²) in [6, 6.07) is 6.33. The minimum absolute atomic E-state index is 0.0638. The Labute approximate surface area is 139 Å². The first-order valence-corrected chi connectivity index (χ1v) is 8.79. The second-order valence-corrected chi connectivity index (χ2v) is 8.22. The maximum absolute atomic E-state index is 12.4. The first kappa shape index (κ1) is 17.2. The molecular weight excluding hydrogens is 345 g/mol. The van der Waals surface area contributed by atoms with E-state index in [1.54, 1.807) is 19.1 Å². The molecule has 0 fully saturated rings. The molecule has 1 aromatic carbocycles. The highest BCUT2D eigenvalue weighted by atomic mass is 35.5. The normalized spacial score (nSPS) is 27.9. The Morgan fingerprint density at radius 1 is 1.18 bits per heavy atom. The van der Waals surface area contributed by atoms with Crippen molar-refractivity contribution in [1.29, 1.82) is 0 Å². The first-order valence-electron chi connectivity index (χ1n) is 6.53. The zero-order valence-electron chi connectivity index (χ0n) is 12.3. The van der Waals surface area contributed by atoms with E-state index in [0.717, 1.165) is 5.56 Å². The fraction of sp³-hybridized carbons (Fsp3) is 0.333. The van der Waals surface area contributed by atoms with Crippen LogP contribution in [0.1, 0.15) is 19.4 Å². The van der Waals surface area contributed by atoms with Gasteiger partial charge in [-0.15, -0.1) is 23.2 Å². The van der Waals surface area contributed by atoms with Crippen LogP contribution in [0, 0.1) is 6.92 Å². The van der Waals surface area contributed by atoms with Crippen LogP contribution in [0.15, 0.2) is 45.2 Å². The number of alkyl halides is 2. The van der Waals surface area contributed by atoms with Gasteiger partial charge in [0.15, 0.2) is 5.78 Å². The molecule has 0 heterocycles. The number of carbonyl (C=O) groups excluding carboxylic acids is 1. The lowest BCUT2D eigenvalue weighted by atomic mass is 9.87. The molecule has 0 aromatic heterocycles. The van der Waals surface area contributed by atoms with Crippen molar-refractivity contribution >= 4 is 44.7 Å². The highest BCUT2D eigenvalue weighted by molar-refractivity contribution is 7.90. The van der Waals surface area contributed by atoms with Crippen molar-refractivity contribution in [2.45, 2.75) is 35.9 Å². The van der Waals surface area contributed by atoms with Crippen LogP contribution in [0.25, 0.3) is 0 Å². The molecule has 7 heteroatoms. The van der Waals surface area contributed by atoms with Crippen molar-refractivity contribution in [2.75, 3.05) is 0 Å². The molecule has 118 valence electrons. The summed E-state index contributed by atoms with van der Waals surface area (Å²) in [5.41, 5.74) is 1.43. The number of rotatable bonds is 2. The number of hydrogen-bond donors (Lipinski definition) is 0. The zero-order chi connectivity index (χ0) is 16.7. The maximum Gasteiger partial charge on any atom is 0.282 e. The number of aryl methyl sites for hydroxylation is 1. The van der Waals surface area contributed by atoms with Crippen LogP contribution >= 0.6 is 23.2 Å². The van der Waals surface area contributed by atoms with E-state index in [4.69, 9.17) is 23.2 Å². The molecule has 22 heavy (non-hydrogen) atoms. The van der Waals surface area contributed by atoms with Gasteiger partial charge < -0.3 is 0 Å². The van der Waals surface area contributed by atoms with Crippen molar-refractivity contribution in [2.24, 2.45) is 4.40 Å². The molecule has 0 radical (unpaired) electrons. The van der Waals surface area contributed by atoms with Crippen molar-refractivity contribution in [3.63, 3.8) is 0 Å². The number of nitrogens with zero attached hydrogens (tertiary/aromatic N) is 1. The van der Waals surface area contributed by atoms with Crippen LogP contribution in [0.2, 0.25) is 0 Å². The molecule has 4 nitrogen and oxygen atoms in total. The predicted octanol–water partition coefficient (Wildman–Crippen LogP) is 3.26. The summed E-state index contributed by atoms with van der Waals surface area (Å²) in [5.74, 6) is -0.358. The number of allylic oxidation sites excluding steroid dienone is 2. The number of sulfonamides is 1. The van der Waals surface area contributed by atoms with Crippen molar-refractivity contribution in [1.82, 2.24) is 0 Å². The van der Waals surface area contributed by atoms with Crippen molar-refractivity contribution < 1.29 is 13.2 Å². The van der Waals surface area contributed by atoms with Crippen LogP contribution in [0.4, 0.5) is 0 Å². The van der Waals surface area contributed by atoms with Gasteiger partial charge in [0.05, 0.1) is 10.6 Å². The molecule has 2 unspecified atom stereocenters. The van der Waals surface area contributed by atoms with Gasteiger partial charge in [0.25, 0.3) is 10.0 Å². The molecule has 0 amide bonds. The third-order valence-electron chi connectivity index (χ3n) is 3.45. The number of benzene rings is 1. The Morgan fingerprint density at radius 3 is 2.27 bits per heavy atom. The summed E-state index contributed by atoms with van der Waals surface area (Å²) in [4.78, 5) is 10.4. The highest BCUT2D eigenvalue weighted by Gasteiger charge is 2.44. The lowest BCUT2D eigenvalue weighted by Crippen LogP contribution is -2.46. The van der Waals surface area contributed by atoms with E-state index in [-0.39, 0.29) is 16.4 Å². The first-order chi connectivity index (χ1) is 10.1. The Balaban J connectivity index is 2.57. The van der Waals surface area contributed by atoms with Gasteiger partial charge in [-0.3, -0.25) is 4.79 Å². The molecule has 1 aromatic rings. The number of carbonyl (C=O) groups is 1. The van der Waals surface area contributed by atoms with Gasteiger partial charge in [0.1, 0.15) is 10.3 Å². The second kappa shape index (κ2) is 5.80. The topological polar surface area (TPSA) is 63.6 Å². The molecule has 0 aliphatic heterocycles. The van der Waals surface area contributed by atoms with E-state index in [1.165, 1.54) is 25.1 Å². The Bertz CT molecular complexity index is 778. The molecule has 1 aliphatic carbocycles. The van der Waals surface area contributed by atoms with E-state index in [9.17, 15) is 13.2 Å². The van der Waals surface area contributed by atoms with Gasteiger partial charge in [-0.1, -0.05) is 17.7 Å². The van der Waals surface area contributed by atoms with Gasteiger partial charge in [-0.25, -0.2) is 0 Å². The fourth-order valence-corrected chi connectivity index (χ4v) is 3.85. The average Bonchev–Trinajstić information content (AvgIpc) is 2.42. The highest BCUT2D eigenvalue weighted by Crippen LogP contribution is 2.35.